The highest BCUT2D eigenvalue weighted by atomic mass is 35.5. The van der Waals surface area contributed by atoms with Crippen molar-refractivity contribution in [2.24, 2.45) is 0 Å². The molecule has 0 bridgehead atoms. The fraction of sp³-hybridized carbons (Fsp3) is 0.474. The standard InChI is InChI=1S/C19H22Cl2N2O2S/c1-3-25-17-14(20)9-12(10-15(17)21)11-16-18(24)23(19(26)22(16)2)13-7-5-4-6-8-13/h9-11,13H,3-8H2,1-2H3/b16-11-. The van der Waals surface area contributed by atoms with Gasteiger partial charge >= 0.3 is 0 Å². The monoisotopic (exact) mass is 412 g/mol. The van der Waals surface area contributed by atoms with Gasteiger partial charge in [0.2, 0.25) is 0 Å². The number of rotatable bonds is 4. The molecule has 0 aromatic heterocycles. The molecule has 0 radical (unpaired) electrons. The number of hydrogen-bond donors (Lipinski definition) is 0. The maximum Gasteiger partial charge on any atom is 0.277 e. The summed E-state index contributed by atoms with van der Waals surface area (Å²) < 4.78 is 5.46. The number of likely N-dealkylation sites (N-methyl/N-ethyl adjacent to an activating group) is 1. The number of hydrogen-bond acceptors (Lipinski definition) is 3. The molecule has 7 heteroatoms. The molecule has 1 aromatic carbocycles. The summed E-state index contributed by atoms with van der Waals surface area (Å²) in [5.74, 6) is 0.411. The van der Waals surface area contributed by atoms with Crippen molar-refractivity contribution < 1.29 is 9.53 Å². The van der Waals surface area contributed by atoms with Crippen molar-refractivity contribution in [3.05, 3.63) is 33.4 Å². The Morgan fingerprint density at radius 1 is 1.23 bits per heavy atom. The van der Waals surface area contributed by atoms with Crippen LogP contribution in [0.4, 0.5) is 0 Å². The van der Waals surface area contributed by atoms with Crippen molar-refractivity contribution in [2.45, 2.75) is 45.1 Å². The summed E-state index contributed by atoms with van der Waals surface area (Å²) in [6.07, 6.45) is 7.31. The minimum Gasteiger partial charge on any atom is -0.491 e. The molecule has 140 valence electrons. The van der Waals surface area contributed by atoms with Gasteiger partial charge in [-0.05, 0) is 55.8 Å². The second-order valence-corrected chi connectivity index (χ2v) is 7.76. The molecular weight excluding hydrogens is 391 g/mol. The van der Waals surface area contributed by atoms with E-state index in [1.165, 1.54) is 6.42 Å². The SMILES string of the molecule is CCOc1c(Cl)cc(/C=C2/C(=O)N(C3CCCCC3)C(=S)N2C)cc1Cl. The van der Waals surface area contributed by atoms with Gasteiger partial charge in [0.15, 0.2) is 10.9 Å². The molecule has 1 aliphatic carbocycles. The zero-order valence-electron chi connectivity index (χ0n) is 14.9. The van der Waals surface area contributed by atoms with E-state index in [2.05, 4.69) is 0 Å². The number of thiocarbonyl (C=S) groups is 1. The van der Waals surface area contributed by atoms with Gasteiger partial charge in [-0.3, -0.25) is 9.69 Å². The van der Waals surface area contributed by atoms with E-state index in [0.29, 0.717) is 33.2 Å². The lowest BCUT2D eigenvalue weighted by Gasteiger charge is -2.30. The van der Waals surface area contributed by atoms with E-state index in [9.17, 15) is 4.79 Å². The average Bonchev–Trinajstić information content (AvgIpc) is 2.82. The van der Waals surface area contributed by atoms with Crippen LogP contribution in [0, 0.1) is 0 Å². The minimum atomic E-state index is -0.0504. The fourth-order valence-corrected chi connectivity index (χ4v) is 4.48. The normalized spacial score (nSPS) is 20.4. The fourth-order valence-electron chi connectivity index (χ4n) is 3.54. The Morgan fingerprint density at radius 2 is 1.85 bits per heavy atom. The Morgan fingerprint density at radius 3 is 2.42 bits per heavy atom. The van der Waals surface area contributed by atoms with Gasteiger partial charge in [-0.2, -0.15) is 0 Å². The topological polar surface area (TPSA) is 32.8 Å². The maximum atomic E-state index is 13.0. The third-order valence-corrected chi connectivity index (χ3v) is 5.88. The average molecular weight is 413 g/mol. The van der Waals surface area contributed by atoms with Crippen LogP contribution in [0.5, 0.6) is 5.75 Å². The number of carbonyl (C=O) groups is 1. The molecule has 1 aromatic rings. The first-order valence-electron chi connectivity index (χ1n) is 8.88. The largest absolute Gasteiger partial charge is 0.491 e. The van der Waals surface area contributed by atoms with Gasteiger partial charge in [-0.15, -0.1) is 0 Å². The lowest BCUT2D eigenvalue weighted by Crippen LogP contribution is -2.41. The Balaban J connectivity index is 1.91. The molecule has 2 aliphatic rings. The van der Waals surface area contributed by atoms with E-state index in [1.54, 1.807) is 28.0 Å². The first-order valence-corrected chi connectivity index (χ1v) is 10.0. The highest BCUT2D eigenvalue weighted by Crippen LogP contribution is 2.36. The summed E-state index contributed by atoms with van der Waals surface area (Å²) in [5, 5.41) is 1.41. The van der Waals surface area contributed by atoms with Crippen LogP contribution in [-0.4, -0.2) is 40.5 Å². The molecule has 2 fully saturated rings. The minimum absolute atomic E-state index is 0.0504. The molecule has 0 spiro atoms. The predicted octanol–water partition coefficient (Wildman–Crippen LogP) is 5.12. The molecule has 0 atom stereocenters. The smallest absolute Gasteiger partial charge is 0.277 e. The van der Waals surface area contributed by atoms with Crippen molar-refractivity contribution in [3.8, 4) is 5.75 Å². The highest BCUT2D eigenvalue weighted by Gasteiger charge is 2.40. The second kappa shape index (κ2) is 8.15. The van der Waals surface area contributed by atoms with Gasteiger partial charge in [0, 0.05) is 13.1 Å². The first-order chi connectivity index (χ1) is 12.4. The third kappa shape index (κ3) is 3.71. The number of halogens is 2. The lowest BCUT2D eigenvalue weighted by molar-refractivity contribution is -0.124. The molecule has 1 saturated carbocycles. The van der Waals surface area contributed by atoms with Gasteiger partial charge in [-0.25, -0.2) is 0 Å². The summed E-state index contributed by atoms with van der Waals surface area (Å²) in [6, 6.07) is 3.70. The Bertz CT molecular complexity index is 737. The van der Waals surface area contributed by atoms with E-state index in [-0.39, 0.29) is 11.9 Å². The van der Waals surface area contributed by atoms with Crippen molar-refractivity contribution in [1.82, 2.24) is 9.80 Å². The summed E-state index contributed by atoms with van der Waals surface area (Å²) >= 11 is 18.1. The molecule has 1 heterocycles. The molecule has 3 rings (SSSR count). The number of nitrogens with zero attached hydrogens (tertiary/aromatic N) is 2. The zero-order valence-corrected chi connectivity index (χ0v) is 17.3. The zero-order chi connectivity index (χ0) is 18.8. The molecule has 1 amide bonds. The molecule has 4 nitrogen and oxygen atoms in total. The van der Waals surface area contributed by atoms with Crippen LogP contribution in [0.2, 0.25) is 10.0 Å². The molecule has 1 aliphatic heterocycles. The van der Waals surface area contributed by atoms with Crippen molar-refractivity contribution in [3.63, 3.8) is 0 Å². The summed E-state index contributed by atoms with van der Waals surface area (Å²) in [4.78, 5) is 16.6. The molecule has 0 unspecified atom stereocenters. The number of benzene rings is 1. The van der Waals surface area contributed by atoms with Gasteiger partial charge in [0.1, 0.15) is 5.70 Å². The van der Waals surface area contributed by atoms with Crippen molar-refractivity contribution in [1.29, 1.82) is 0 Å². The van der Waals surface area contributed by atoms with E-state index in [4.69, 9.17) is 40.2 Å². The van der Waals surface area contributed by atoms with E-state index in [0.717, 1.165) is 31.2 Å². The van der Waals surface area contributed by atoms with Crippen LogP contribution in [0.3, 0.4) is 0 Å². The molecule has 26 heavy (non-hydrogen) atoms. The van der Waals surface area contributed by atoms with Crippen LogP contribution in [0.1, 0.15) is 44.6 Å². The highest BCUT2D eigenvalue weighted by molar-refractivity contribution is 7.80. The summed E-state index contributed by atoms with van der Waals surface area (Å²) in [5.41, 5.74) is 1.28. The van der Waals surface area contributed by atoms with Gasteiger partial charge in [0.25, 0.3) is 5.91 Å². The lowest BCUT2D eigenvalue weighted by atomic mass is 9.94. The maximum absolute atomic E-state index is 13.0. The number of carbonyl (C=O) groups excluding carboxylic acids is 1. The van der Waals surface area contributed by atoms with Gasteiger partial charge in [0.05, 0.1) is 16.7 Å². The Hall–Kier alpha value is -1.30. The quantitative estimate of drug-likeness (QED) is 0.507. The summed E-state index contributed by atoms with van der Waals surface area (Å²) in [6.45, 7) is 2.35. The van der Waals surface area contributed by atoms with Crippen LogP contribution in [0.15, 0.2) is 17.8 Å². The summed E-state index contributed by atoms with van der Waals surface area (Å²) in [7, 11) is 1.83. The van der Waals surface area contributed by atoms with Crippen molar-refractivity contribution in [2.75, 3.05) is 13.7 Å². The van der Waals surface area contributed by atoms with Crippen LogP contribution >= 0.6 is 35.4 Å². The number of amides is 1. The van der Waals surface area contributed by atoms with Crippen molar-refractivity contribution >= 4 is 52.5 Å². The van der Waals surface area contributed by atoms with E-state index >= 15 is 0 Å². The molecular formula is C19H22Cl2N2O2S. The second-order valence-electron chi connectivity index (χ2n) is 6.58. The van der Waals surface area contributed by atoms with Crippen LogP contribution in [-0.2, 0) is 4.79 Å². The predicted molar refractivity (Wildman–Crippen MR) is 110 cm³/mol. The number of ether oxygens (including phenoxy) is 1. The van der Waals surface area contributed by atoms with Crippen LogP contribution < -0.4 is 4.74 Å². The molecule has 0 N–H and O–H groups in total. The third-order valence-electron chi connectivity index (χ3n) is 4.84. The van der Waals surface area contributed by atoms with Crippen LogP contribution in [0.25, 0.3) is 6.08 Å². The molecule has 1 saturated heterocycles. The Kier molecular flexibility index (Phi) is 6.10. The first kappa shape index (κ1) is 19.5. The Labute approximate surface area is 169 Å². The van der Waals surface area contributed by atoms with Gasteiger partial charge < -0.3 is 9.64 Å². The van der Waals surface area contributed by atoms with E-state index < -0.39 is 0 Å². The van der Waals surface area contributed by atoms with E-state index in [1.807, 2.05) is 14.0 Å². The van der Waals surface area contributed by atoms with Gasteiger partial charge in [-0.1, -0.05) is 42.5 Å².